The van der Waals surface area contributed by atoms with Crippen LogP contribution < -0.4 is 10.9 Å². The summed E-state index contributed by atoms with van der Waals surface area (Å²) in [5, 5.41) is 3.98. The molecular formula is C23H19ClFN3O. The molecule has 2 heterocycles. The smallest absolute Gasteiger partial charge is 0.253 e. The first-order valence-electron chi connectivity index (χ1n) is 9.22. The second-order valence-electron chi connectivity index (χ2n) is 7.02. The van der Waals surface area contributed by atoms with E-state index in [1.807, 2.05) is 50.4 Å². The number of H-pyrrole nitrogens is 1. The van der Waals surface area contributed by atoms with Gasteiger partial charge in [0.1, 0.15) is 10.8 Å². The van der Waals surface area contributed by atoms with Crippen LogP contribution in [0.4, 0.5) is 10.1 Å². The molecule has 146 valence electrons. The van der Waals surface area contributed by atoms with Crippen molar-refractivity contribution < 1.29 is 4.39 Å². The van der Waals surface area contributed by atoms with Gasteiger partial charge in [-0.25, -0.2) is 4.39 Å². The predicted octanol–water partition coefficient (Wildman–Crippen LogP) is 5.86. The molecule has 0 aliphatic rings. The van der Waals surface area contributed by atoms with Crippen molar-refractivity contribution in [1.29, 1.82) is 0 Å². The number of aryl methyl sites for hydroxylation is 1. The normalized spacial score (nSPS) is 12.1. The molecule has 0 amide bonds. The molecule has 0 spiro atoms. The zero-order valence-electron chi connectivity index (χ0n) is 16.0. The lowest BCUT2D eigenvalue weighted by atomic mass is 10.0. The molecule has 4 aromatic rings. The molecule has 29 heavy (non-hydrogen) atoms. The quantitative estimate of drug-likeness (QED) is 0.445. The van der Waals surface area contributed by atoms with Gasteiger partial charge < -0.3 is 10.3 Å². The summed E-state index contributed by atoms with van der Waals surface area (Å²) < 4.78 is 13.7. The van der Waals surface area contributed by atoms with Gasteiger partial charge in [0.15, 0.2) is 0 Å². The third-order valence-corrected chi connectivity index (χ3v) is 5.35. The lowest BCUT2D eigenvalue weighted by Crippen LogP contribution is -2.19. The zero-order valence-corrected chi connectivity index (χ0v) is 16.7. The van der Waals surface area contributed by atoms with Crippen LogP contribution in [0.2, 0.25) is 5.02 Å². The fraction of sp³-hybridized carbons (Fsp3) is 0.130. The number of pyridine rings is 2. The second kappa shape index (κ2) is 7.68. The molecular weight excluding hydrogens is 389 g/mol. The highest BCUT2D eigenvalue weighted by atomic mass is 35.5. The maximum atomic E-state index is 13.7. The Bertz CT molecular complexity index is 1270. The van der Waals surface area contributed by atoms with Crippen molar-refractivity contribution in [3.05, 3.63) is 93.2 Å². The van der Waals surface area contributed by atoms with Crippen LogP contribution in [0.1, 0.15) is 24.1 Å². The molecule has 0 radical (unpaired) electrons. The number of hydrogen-bond donors (Lipinski definition) is 2. The third-order valence-electron chi connectivity index (χ3n) is 4.98. The van der Waals surface area contributed by atoms with E-state index in [2.05, 4.69) is 15.3 Å². The van der Waals surface area contributed by atoms with Gasteiger partial charge in [0.25, 0.3) is 5.56 Å². The Labute approximate surface area is 172 Å². The van der Waals surface area contributed by atoms with Crippen LogP contribution in [0, 0.1) is 12.7 Å². The van der Waals surface area contributed by atoms with E-state index in [4.69, 9.17) is 11.6 Å². The number of nitrogens with one attached hydrogen (secondary N) is 2. The summed E-state index contributed by atoms with van der Waals surface area (Å²) >= 11 is 5.98. The van der Waals surface area contributed by atoms with Crippen LogP contribution in [0.5, 0.6) is 0 Å². The largest absolute Gasteiger partial charge is 0.378 e. The van der Waals surface area contributed by atoms with E-state index in [-0.39, 0.29) is 16.6 Å². The highest BCUT2D eigenvalue weighted by Gasteiger charge is 2.14. The highest BCUT2D eigenvalue weighted by molar-refractivity contribution is 6.35. The van der Waals surface area contributed by atoms with E-state index in [1.54, 1.807) is 18.3 Å². The van der Waals surface area contributed by atoms with Gasteiger partial charge in [0.05, 0.1) is 11.6 Å². The molecule has 1 atom stereocenters. The van der Waals surface area contributed by atoms with E-state index < -0.39 is 5.82 Å². The van der Waals surface area contributed by atoms with Gasteiger partial charge in [0, 0.05) is 29.0 Å². The van der Waals surface area contributed by atoms with E-state index in [1.165, 1.54) is 6.07 Å². The number of halogens is 2. The fourth-order valence-corrected chi connectivity index (χ4v) is 3.67. The Balaban J connectivity index is 1.67. The van der Waals surface area contributed by atoms with Gasteiger partial charge in [-0.15, -0.1) is 0 Å². The van der Waals surface area contributed by atoms with Crippen LogP contribution in [-0.4, -0.2) is 9.97 Å². The van der Waals surface area contributed by atoms with Crippen molar-refractivity contribution >= 4 is 28.2 Å². The van der Waals surface area contributed by atoms with Crippen molar-refractivity contribution in [2.75, 3.05) is 5.32 Å². The summed E-state index contributed by atoms with van der Waals surface area (Å²) in [6.45, 7) is 3.93. The minimum Gasteiger partial charge on any atom is -0.378 e. The summed E-state index contributed by atoms with van der Waals surface area (Å²) in [6, 6.07) is 14.4. The molecule has 0 aliphatic heterocycles. The SMILES string of the molecule is Cc1cnccc1-c1cccc(N[C@@H](C)c2cc3ccc(F)c(Cl)c3[nH]c2=O)c1. The predicted molar refractivity (Wildman–Crippen MR) is 116 cm³/mol. The molecule has 4 nitrogen and oxygen atoms in total. The summed E-state index contributed by atoms with van der Waals surface area (Å²) in [5.41, 5.74) is 4.71. The molecule has 6 heteroatoms. The second-order valence-corrected chi connectivity index (χ2v) is 7.39. The molecule has 2 aromatic carbocycles. The maximum absolute atomic E-state index is 13.7. The lowest BCUT2D eigenvalue weighted by molar-refractivity contribution is 0.629. The van der Waals surface area contributed by atoms with Crippen LogP contribution in [0.25, 0.3) is 22.0 Å². The Hall–Kier alpha value is -3.18. The first-order valence-corrected chi connectivity index (χ1v) is 9.60. The van der Waals surface area contributed by atoms with E-state index in [0.29, 0.717) is 16.5 Å². The van der Waals surface area contributed by atoms with Gasteiger partial charge in [-0.2, -0.15) is 0 Å². The van der Waals surface area contributed by atoms with E-state index in [9.17, 15) is 9.18 Å². The number of anilines is 1. The number of aromatic amines is 1. The summed E-state index contributed by atoms with van der Waals surface area (Å²) in [6.07, 6.45) is 3.61. The van der Waals surface area contributed by atoms with Crippen molar-refractivity contribution in [3.8, 4) is 11.1 Å². The van der Waals surface area contributed by atoms with Crippen LogP contribution in [0.15, 0.2) is 65.7 Å². The zero-order chi connectivity index (χ0) is 20.5. The van der Waals surface area contributed by atoms with Crippen LogP contribution >= 0.6 is 11.6 Å². The van der Waals surface area contributed by atoms with E-state index >= 15 is 0 Å². The first-order chi connectivity index (χ1) is 13.9. The average Bonchev–Trinajstić information content (AvgIpc) is 2.71. The summed E-state index contributed by atoms with van der Waals surface area (Å²) in [4.78, 5) is 19.4. The number of hydrogen-bond acceptors (Lipinski definition) is 3. The number of rotatable bonds is 4. The van der Waals surface area contributed by atoms with Gasteiger partial charge >= 0.3 is 0 Å². The number of nitrogens with zero attached hydrogens (tertiary/aromatic N) is 1. The van der Waals surface area contributed by atoms with Crippen LogP contribution in [0.3, 0.4) is 0 Å². The molecule has 0 fully saturated rings. The van der Waals surface area contributed by atoms with Crippen LogP contribution in [-0.2, 0) is 0 Å². The van der Waals surface area contributed by atoms with Gasteiger partial charge in [0.2, 0.25) is 0 Å². The molecule has 0 saturated carbocycles. The van der Waals surface area contributed by atoms with Gasteiger partial charge in [-0.05, 0) is 66.9 Å². The minimum absolute atomic E-state index is 0.0767. The molecule has 2 aromatic heterocycles. The Morgan fingerprint density at radius 2 is 2.00 bits per heavy atom. The Kier molecular flexibility index (Phi) is 5.07. The molecule has 2 N–H and O–H groups in total. The van der Waals surface area contributed by atoms with Gasteiger partial charge in [-0.3, -0.25) is 9.78 Å². The van der Waals surface area contributed by atoms with E-state index in [0.717, 1.165) is 22.4 Å². The highest BCUT2D eigenvalue weighted by Crippen LogP contribution is 2.28. The molecule has 0 bridgehead atoms. The number of aromatic nitrogens is 2. The van der Waals surface area contributed by atoms with Crippen molar-refractivity contribution in [1.82, 2.24) is 9.97 Å². The summed E-state index contributed by atoms with van der Waals surface area (Å²) in [5.74, 6) is -0.558. The number of fused-ring (bicyclic) bond motifs is 1. The molecule has 0 aliphatic carbocycles. The third kappa shape index (κ3) is 3.74. The average molecular weight is 408 g/mol. The Morgan fingerprint density at radius 1 is 1.17 bits per heavy atom. The molecule has 4 rings (SSSR count). The van der Waals surface area contributed by atoms with Gasteiger partial charge in [-0.1, -0.05) is 23.7 Å². The monoisotopic (exact) mass is 407 g/mol. The summed E-state index contributed by atoms with van der Waals surface area (Å²) in [7, 11) is 0. The first kappa shape index (κ1) is 19.2. The lowest BCUT2D eigenvalue weighted by Gasteiger charge is -2.17. The topological polar surface area (TPSA) is 57.8 Å². The number of benzene rings is 2. The van der Waals surface area contributed by atoms with Crippen molar-refractivity contribution in [3.63, 3.8) is 0 Å². The fourth-order valence-electron chi connectivity index (χ4n) is 3.45. The minimum atomic E-state index is -0.558. The standard InChI is InChI=1S/C23H19ClFN3O/c1-13-12-26-9-8-18(13)15-4-3-5-17(10-15)27-14(2)19-11-16-6-7-20(25)21(24)22(16)28-23(19)29/h3-12,14,27H,1-2H3,(H,28,29)/t14-/m0/s1. The van der Waals surface area contributed by atoms with Crippen molar-refractivity contribution in [2.45, 2.75) is 19.9 Å². The molecule has 0 saturated heterocycles. The molecule has 0 unspecified atom stereocenters. The maximum Gasteiger partial charge on any atom is 0.253 e. The van der Waals surface area contributed by atoms with Crippen molar-refractivity contribution in [2.24, 2.45) is 0 Å². The Morgan fingerprint density at radius 3 is 2.79 bits per heavy atom.